The highest BCUT2D eigenvalue weighted by Crippen LogP contribution is 2.22. The van der Waals surface area contributed by atoms with Gasteiger partial charge >= 0.3 is 0 Å². The maximum absolute atomic E-state index is 12.2. The summed E-state index contributed by atoms with van der Waals surface area (Å²) in [6.45, 7) is 2.62. The standard InChI is InChI=1S/C11H17ClN2O2S/c1-9-8-10(12)4-5-11(9)17(15,16)14(2)7-3-6-13/h4-5,8H,3,6-7,13H2,1-2H3. The van der Waals surface area contributed by atoms with Gasteiger partial charge in [-0.2, -0.15) is 0 Å². The molecule has 1 aromatic rings. The monoisotopic (exact) mass is 276 g/mol. The molecular formula is C11H17ClN2O2S. The number of halogens is 1. The molecule has 2 N–H and O–H groups in total. The van der Waals surface area contributed by atoms with Gasteiger partial charge < -0.3 is 5.73 Å². The zero-order valence-corrected chi connectivity index (χ0v) is 11.6. The Morgan fingerprint density at radius 1 is 1.41 bits per heavy atom. The van der Waals surface area contributed by atoms with Crippen LogP contribution in [0.1, 0.15) is 12.0 Å². The first kappa shape index (κ1) is 14.4. The summed E-state index contributed by atoms with van der Waals surface area (Å²) in [6.07, 6.45) is 0.641. The molecule has 0 heterocycles. The van der Waals surface area contributed by atoms with Gasteiger partial charge in [0, 0.05) is 18.6 Å². The minimum absolute atomic E-state index is 0.293. The van der Waals surface area contributed by atoms with E-state index in [0.29, 0.717) is 35.0 Å². The van der Waals surface area contributed by atoms with Crippen molar-refractivity contribution in [3.8, 4) is 0 Å². The minimum Gasteiger partial charge on any atom is -0.330 e. The third-order valence-corrected chi connectivity index (χ3v) is 4.75. The van der Waals surface area contributed by atoms with Gasteiger partial charge in [-0.1, -0.05) is 11.6 Å². The summed E-state index contributed by atoms with van der Waals surface area (Å²) in [5, 5.41) is 0.533. The molecule has 0 aliphatic carbocycles. The quantitative estimate of drug-likeness (QED) is 0.889. The van der Waals surface area contributed by atoms with E-state index in [4.69, 9.17) is 17.3 Å². The van der Waals surface area contributed by atoms with Crippen molar-refractivity contribution < 1.29 is 8.42 Å². The summed E-state index contributed by atoms with van der Waals surface area (Å²) < 4.78 is 25.7. The molecule has 0 unspecified atom stereocenters. The molecule has 0 aliphatic heterocycles. The molecule has 0 atom stereocenters. The fourth-order valence-electron chi connectivity index (χ4n) is 1.50. The Kier molecular flexibility index (Phi) is 4.94. The molecular weight excluding hydrogens is 260 g/mol. The molecule has 6 heteroatoms. The number of hydrogen-bond acceptors (Lipinski definition) is 3. The van der Waals surface area contributed by atoms with Crippen molar-refractivity contribution in [1.29, 1.82) is 0 Å². The minimum atomic E-state index is -3.44. The average molecular weight is 277 g/mol. The number of aryl methyl sites for hydroxylation is 1. The summed E-state index contributed by atoms with van der Waals surface area (Å²) in [4.78, 5) is 0.293. The zero-order valence-electron chi connectivity index (χ0n) is 9.98. The third kappa shape index (κ3) is 3.42. The Labute approximate surface area is 107 Å². The van der Waals surface area contributed by atoms with Gasteiger partial charge in [0.25, 0.3) is 0 Å². The van der Waals surface area contributed by atoms with E-state index in [0.717, 1.165) is 0 Å². The van der Waals surface area contributed by atoms with Crippen LogP contribution in [-0.2, 0) is 10.0 Å². The van der Waals surface area contributed by atoms with Gasteiger partial charge in [-0.15, -0.1) is 0 Å². The summed E-state index contributed by atoms with van der Waals surface area (Å²) in [5.74, 6) is 0. The molecule has 0 saturated carbocycles. The van der Waals surface area contributed by atoms with E-state index in [1.165, 1.54) is 10.4 Å². The Bertz CT molecular complexity index is 488. The molecule has 0 aliphatic rings. The van der Waals surface area contributed by atoms with Gasteiger partial charge in [-0.25, -0.2) is 12.7 Å². The number of rotatable bonds is 5. The maximum Gasteiger partial charge on any atom is 0.243 e. The molecule has 17 heavy (non-hydrogen) atoms. The van der Waals surface area contributed by atoms with E-state index in [1.54, 1.807) is 26.1 Å². The molecule has 96 valence electrons. The first-order valence-corrected chi connectivity index (χ1v) is 7.14. The van der Waals surface area contributed by atoms with E-state index in [9.17, 15) is 8.42 Å². The Balaban J connectivity index is 3.04. The second-order valence-electron chi connectivity index (χ2n) is 3.88. The lowest BCUT2D eigenvalue weighted by Crippen LogP contribution is -2.29. The van der Waals surface area contributed by atoms with E-state index in [-0.39, 0.29) is 0 Å². The molecule has 4 nitrogen and oxygen atoms in total. The number of hydrogen-bond donors (Lipinski definition) is 1. The van der Waals surface area contributed by atoms with Crippen LogP contribution in [0.2, 0.25) is 5.02 Å². The normalized spacial score (nSPS) is 12.1. The highest BCUT2D eigenvalue weighted by Gasteiger charge is 2.22. The van der Waals surface area contributed by atoms with Crippen LogP contribution >= 0.6 is 11.6 Å². The summed E-state index contributed by atoms with van der Waals surface area (Å²) in [6, 6.07) is 4.76. The summed E-state index contributed by atoms with van der Waals surface area (Å²) in [7, 11) is -1.88. The fraction of sp³-hybridized carbons (Fsp3) is 0.455. The Morgan fingerprint density at radius 3 is 2.59 bits per heavy atom. The molecule has 0 radical (unpaired) electrons. The predicted molar refractivity (Wildman–Crippen MR) is 69.7 cm³/mol. The van der Waals surface area contributed by atoms with E-state index < -0.39 is 10.0 Å². The second kappa shape index (κ2) is 5.82. The molecule has 0 aromatic heterocycles. The topological polar surface area (TPSA) is 63.4 Å². The predicted octanol–water partition coefficient (Wildman–Crippen LogP) is 1.62. The van der Waals surface area contributed by atoms with Crippen molar-refractivity contribution in [2.24, 2.45) is 5.73 Å². The summed E-state index contributed by atoms with van der Waals surface area (Å²) >= 11 is 5.81. The third-order valence-electron chi connectivity index (χ3n) is 2.50. The van der Waals surface area contributed by atoms with Crippen LogP contribution in [0.5, 0.6) is 0 Å². The molecule has 0 saturated heterocycles. The molecule has 0 amide bonds. The average Bonchev–Trinajstić information content (AvgIpc) is 2.25. The van der Waals surface area contributed by atoms with Crippen molar-refractivity contribution in [2.75, 3.05) is 20.1 Å². The first-order chi connectivity index (χ1) is 7.89. The molecule has 1 aromatic carbocycles. The van der Waals surface area contributed by atoms with Crippen LogP contribution in [0.25, 0.3) is 0 Å². The van der Waals surface area contributed by atoms with Gasteiger partial charge in [0.15, 0.2) is 0 Å². The summed E-state index contributed by atoms with van der Waals surface area (Å²) in [5.41, 5.74) is 6.02. The Hall–Kier alpha value is -0.620. The van der Waals surface area contributed by atoms with Crippen LogP contribution in [0, 0.1) is 6.92 Å². The van der Waals surface area contributed by atoms with Crippen LogP contribution in [0.15, 0.2) is 23.1 Å². The first-order valence-electron chi connectivity index (χ1n) is 5.32. The lowest BCUT2D eigenvalue weighted by molar-refractivity contribution is 0.463. The van der Waals surface area contributed by atoms with E-state index in [2.05, 4.69) is 0 Å². The molecule has 0 fully saturated rings. The van der Waals surface area contributed by atoms with Gasteiger partial charge in [0.2, 0.25) is 10.0 Å². The number of benzene rings is 1. The molecule has 0 spiro atoms. The highest BCUT2D eigenvalue weighted by molar-refractivity contribution is 7.89. The van der Waals surface area contributed by atoms with Gasteiger partial charge in [0.05, 0.1) is 4.90 Å². The Morgan fingerprint density at radius 2 is 2.06 bits per heavy atom. The smallest absolute Gasteiger partial charge is 0.243 e. The second-order valence-corrected chi connectivity index (χ2v) is 6.33. The highest BCUT2D eigenvalue weighted by atomic mass is 35.5. The molecule has 0 bridgehead atoms. The van der Waals surface area contributed by atoms with Gasteiger partial charge in [-0.05, 0) is 43.7 Å². The largest absolute Gasteiger partial charge is 0.330 e. The zero-order chi connectivity index (χ0) is 13.1. The van der Waals surface area contributed by atoms with E-state index in [1.807, 2.05) is 0 Å². The molecule has 1 rings (SSSR count). The van der Waals surface area contributed by atoms with Gasteiger partial charge in [0.1, 0.15) is 0 Å². The van der Waals surface area contributed by atoms with Crippen LogP contribution in [0.3, 0.4) is 0 Å². The maximum atomic E-state index is 12.2. The van der Waals surface area contributed by atoms with Crippen LogP contribution in [-0.4, -0.2) is 32.9 Å². The van der Waals surface area contributed by atoms with Crippen molar-refractivity contribution in [2.45, 2.75) is 18.2 Å². The van der Waals surface area contributed by atoms with Crippen LogP contribution < -0.4 is 5.73 Å². The van der Waals surface area contributed by atoms with Crippen molar-refractivity contribution >= 4 is 21.6 Å². The number of nitrogens with zero attached hydrogens (tertiary/aromatic N) is 1. The SMILES string of the molecule is Cc1cc(Cl)ccc1S(=O)(=O)N(C)CCCN. The van der Waals surface area contributed by atoms with Crippen LogP contribution in [0.4, 0.5) is 0 Å². The fourth-order valence-corrected chi connectivity index (χ4v) is 3.14. The van der Waals surface area contributed by atoms with E-state index >= 15 is 0 Å². The van der Waals surface area contributed by atoms with Crippen molar-refractivity contribution in [1.82, 2.24) is 4.31 Å². The lowest BCUT2D eigenvalue weighted by Gasteiger charge is -2.18. The number of nitrogens with two attached hydrogens (primary N) is 1. The van der Waals surface area contributed by atoms with Crippen molar-refractivity contribution in [3.63, 3.8) is 0 Å². The van der Waals surface area contributed by atoms with Crippen molar-refractivity contribution in [3.05, 3.63) is 28.8 Å². The number of sulfonamides is 1. The lowest BCUT2D eigenvalue weighted by atomic mass is 10.2. The van der Waals surface area contributed by atoms with Gasteiger partial charge in [-0.3, -0.25) is 0 Å².